The first-order valence-corrected chi connectivity index (χ1v) is 6.14. The smallest absolute Gasteiger partial charge is 0.234 e. The monoisotopic (exact) mass is 266 g/mol. The lowest BCUT2D eigenvalue weighted by atomic mass is 9.92. The highest BCUT2D eigenvalue weighted by atomic mass is 16.2. The Bertz CT molecular complexity index is 776. The maximum atomic E-state index is 11.9. The summed E-state index contributed by atoms with van der Waals surface area (Å²) in [5.41, 5.74) is 1.26. The van der Waals surface area contributed by atoms with Gasteiger partial charge in [0.2, 0.25) is 11.6 Å². The van der Waals surface area contributed by atoms with Crippen LogP contribution in [0.5, 0.6) is 0 Å². The van der Waals surface area contributed by atoms with Crippen molar-refractivity contribution in [2.45, 2.75) is 13.8 Å². The summed E-state index contributed by atoms with van der Waals surface area (Å²) in [6, 6.07) is 5.98. The van der Waals surface area contributed by atoms with Gasteiger partial charge in [0.1, 0.15) is 0 Å². The van der Waals surface area contributed by atoms with Crippen LogP contribution in [0.25, 0.3) is 10.8 Å². The molecule has 0 fully saturated rings. The second kappa shape index (κ2) is 3.93. The Hall–Kier alpha value is -2.62. The number of hydrogen-bond acceptors (Lipinski definition) is 4. The van der Waals surface area contributed by atoms with Crippen molar-refractivity contribution in [2.75, 3.05) is 0 Å². The van der Waals surface area contributed by atoms with E-state index in [1.807, 2.05) is 0 Å². The summed E-state index contributed by atoms with van der Waals surface area (Å²) in [6.45, 7) is 2.79. The standard InChI is InChI=1S/C16H10O4/c1-7(17)9-3-5-11-14-12(16(20)15(11)19)6-4-10(8(2)18)13(9)14/h3-6H,1-2H3. The molecule has 3 rings (SSSR count). The Labute approximate surface area is 114 Å². The van der Waals surface area contributed by atoms with E-state index in [4.69, 9.17) is 0 Å². The van der Waals surface area contributed by atoms with E-state index < -0.39 is 11.6 Å². The fourth-order valence-electron chi connectivity index (χ4n) is 2.71. The Morgan fingerprint density at radius 2 is 1.10 bits per heavy atom. The van der Waals surface area contributed by atoms with Gasteiger partial charge in [0, 0.05) is 33.0 Å². The third kappa shape index (κ3) is 1.42. The number of carbonyl (C=O) groups is 4. The fourth-order valence-corrected chi connectivity index (χ4v) is 2.71. The highest BCUT2D eigenvalue weighted by Gasteiger charge is 2.33. The molecule has 0 N–H and O–H groups in total. The van der Waals surface area contributed by atoms with E-state index in [1.165, 1.54) is 38.1 Å². The molecule has 1 aliphatic rings. The van der Waals surface area contributed by atoms with Crippen LogP contribution in [0.1, 0.15) is 55.3 Å². The largest absolute Gasteiger partial charge is 0.294 e. The number of carbonyl (C=O) groups excluding carboxylic acids is 4. The van der Waals surface area contributed by atoms with E-state index in [0.717, 1.165) is 0 Å². The molecule has 4 heteroatoms. The summed E-state index contributed by atoms with van der Waals surface area (Å²) < 4.78 is 0. The Morgan fingerprint density at radius 1 is 0.700 bits per heavy atom. The van der Waals surface area contributed by atoms with Crippen molar-refractivity contribution in [3.8, 4) is 0 Å². The lowest BCUT2D eigenvalue weighted by Gasteiger charge is -2.09. The summed E-state index contributed by atoms with van der Waals surface area (Å²) >= 11 is 0. The molecule has 0 aliphatic heterocycles. The maximum Gasteiger partial charge on any atom is 0.234 e. The van der Waals surface area contributed by atoms with Crippen molar-refractivity contribution in [3.63, 3.8) is 0 Å². The molecule has 0 radical (unpaired) electrons. The lowest BCUT2D eigenvalue weighted by Crippen LogP contribution is -2.06. The molecule has 0 saturated carbocycles. The first-order valence-electron chi connectivity index (χ1n) is 6.14. The zero-order valence-corrected chi connectivity index (χ0v) is 10.9. The fraction of sp³-hybridized carbons (Fsp3) is 0.125. The second-order valence-electron chi connectivity index (χ2n) is 4.84. The minimum atomic E-state index is -0.583. The molecule has 0 atom stereocenters. The predicted octanol–water partition coefficient (Wildman–Crippen LogP) is 2.62. The average Bonchev–Trinajstić information content (AvgIpc) is 2.65. The van der Waals surface area contributed by atoms with E-state index in [0.29, 0.717) is 21.9 Å². The zero-order chi connectivity index (χ0) is 14.6. The molecule has 2 aromatic carbocycles. The summed E-state index contributed by atoms with van der Waals surface area (Å²) in [5, 5.41) is 0.847. The molecule has 98 valence electrons. The van der Waals surface area contributed by atoms with Crippen LogP contribution in [0.3, 0.4) is 0 Å². The van der Waals surface area contributed by atoms with Gasteiger partial charge in [-0.3, -0.25) is 19.2 Å². The van der Waals surface area contributed by atoms with Gasteiger partial charge in [0.25, 0.3) is 0 Å². The quantitative estimate of drug-likeness (QED) is 0.619. The predicted molar refractivity (Wildman–Crippen MR) is 72.6 cm³/mol. The summed E-state index contributed by atoms with van der Waals surface area (Å²) in [4.78, 5) is 47.4. The Kier molecular flexibility index (Phi) is 2.44. The van der Waals surface area contributed by atoms with Gasteiger partial charge in [-0.05, 0) is 26.0 Å². The first kappa shape index (κ1) is 12.4. The van der Waals surface area contributed by atoms with Gasteiger partial charge in [-0.1, -0.05) is 12.1 Å². The van der Waals surface area contributed by atoms with E-state index in [2.05, 4.69) is 0 Å². The minimum Gasteiger partial charge on any atom is -0.294 e. The topological polar surface area (TPSA) is 68.3 Å². The summed E-state index contributed by atoms with van der Waals surface area (Å²) in [5.74, 6) is -1.58. The molecule has 0 heterocycles. The molecular formula is C16H10O4. The molecule has 0 saturated heterocycles. The number of benzene rings is 2. The number of rotatable bonds is 2. The number of Topliss-reactive ketones (excluding diaryl/α,β-unsaturated/α-hetero) is 4. The molecule has 2 aromatic rings. The van der Waals surface area contributed by atoms with Crippen molar-refractivity contribution in [2.24, 2.45) is 0 Å². The third-order valence-corrected chi connectivity index (χ3v) is 3.61. The van der Waals surface area contributed by atoms with Crippen molar-refractivity contribution in [3.05, 3.63) is 46.5 Å². The molecule has 0 spiro atoms. The number of hydrogen-bond donors (Lipinski definition) is 0. The van der Waals surface area contributed by atoms with Gasteiger partial charge in [0.15, 0.2) is 11.6 Å². The Balaban J connectivity index is 2.60. The lowest BCUT2D eigenvalue weighted by molar-refractivity contribution is 0.0825. The van der Waals surface area contributed by atoms with Gasteiger partial charge in [-0.25, -0.2) is 0 Å². The van der Waals surface area contributed by atoms with Crippen molar-refractivity contribution >= 4 is 33.9 Å². The molecule has 0 aromatic heterocycles. The van der Waals surface area contributed by atoms with Crippen molar-refractivity contribution < 1.29 is 19.2 Å². The molecule has 20 heavy (non-hydrogen) atoms. The van der Waals surface area contributed by atoms with Gasteiger partial charge in [-0.2, -0.15) is 0 Å². The Morgan fingerprint density at radius 3 is 1.45 bits per heavy atom. The molecule has 0 amide bonds. The van der Waals surface area contributed by atoms with Gasteiger partial charge < -0.3 is 0 Å². The highest BCUT2D eigenvalue weighted by molar-refractivity contribution is 6.57. The average molecular weight is 266 g/mol. The third-order valence-electron chi connectivity index (χ3n) is 3.61. The normalized spacial score (nSPS) is 13.1. The van der Waals surface area contributed by atoms with Crippen molar-refractivity contribution in [1.82, 2.24) is 0 Å². The van der Waals surface area contributed by atoms with Crippen LogP contribution >= 0.6 is 0 Å². The van der Waals surface area contributed by atoms with Gasteiger partial charge in [0.05, 0.1) is 0 Å². The van der Waals surface area contributed by atoms with Gasteiger partial charge in [-0.15, -0.1) is 0 Å². The van der Waals surface area contributed by atoms with E-state index >= 15 is 0 Å². The van der Waals surface area contributed by atoms with E-state index in [9.17, 15) is 19.2 Å². The van der Waals surface area contributed by atoms with Crippen LogP contribution in [0.2, 0.25) is 0 Å². The van der Waals surface area contributed by atoms with Crippen molar-refractivity contribution in [1.29, 1.82) is 0 Å². The zero-order valence-electron chi connectivity index (χ0n) is 10.9. The molecule has 4 nitrogen and oxygen atoms in total. The van der Waals surface area contributed by atoms with Crippen LogP contribution in [0, 0.1) is 0 Å². The van der Waals surface area contributed by atoms with Crippen LogP contribution in [0.15, 0.2) is 24.3 Å². The van der Waals surface area contributed by atoms with Crippen LogP contribution < -0.4 is 0 Å². The van der Waals surface area contributed by atoms with Gasteiger partial charge >= 0.3 is 0 Å². The molecular weight excluding hydrogens is 256 g/mol. The summed E-state index contributed by atoms with van der Waals surface area (Å²) in [6.07, 6.45) is 0. The molecule has 0 bridgehead atoms. The molecule has 1 aliphatic carbocycles. The SMILES string of the molecule is CC(=O)c1ccc2c3c(ccc(C(C)=O)c13)C(=O)C2=O. The van der Waals surface area contributed by atoms with Crippen LogP contribution in [-0.4, -0.2) is 23.1 Å². The summed E-state index contributed by atoms with van der Waals surface area (Å²) in [7, 11) is 0. The van der Waals surface area contributed by atoms with Crippen LogP contribution in [0.4, 0.5) is 0 Å². The number of ketones is 4. The maximum absolute atomic E-state index is 11.9. The molecule has 0 unspecified atom stereocenters. The van der Waals surface area contributed by atoms with E-state index in [-0.39, 0.29) is 22.7 Å². The highest BCUT2D eigenvalue weighted by Crippen LogP contribution is 2.35. The second-order valence-corrected chi connectivity index (χ2v) is 4.84. The van der Waals surface area contributed by atoms with Crippen LogP contribution in [-0.2, 0) is 0 Å². The first-order chi connectivity index (χ1) is 9.43. The van der Waals surface area contributed by atoms with E-state index in [1.54, 1.807) is 0 Å². The minimum absolute atomic E-state index is 0.206.